The highest BCUT2D eigenvalue weighted by molar-refractivity contribution is 6.35. The molecule has 1 amide bonds. The molecule has 0 radical (unpaired) electrons. The molecule has 2 rings (SSSR count). The van der Waals surface area contributed by atoms with E-state index in [1.54, 1.807) is 19.1 Å². The van der Waals surface area contributed by atoms with E-state index in [9.17, 15) is 9.59 Å². The third kappa shape index (κ3) is 4.27. The Balaban J connectivity index is 1.88. The van der Waals surface area contributed by atoms with E-state index in [-0.39, 0.29) is 17.9 Å². The first-order valence-corrected chi connectivity index (χ1v) is 7.77. The van der Waals surface area contributed by atoms with E-state index < -0.39 is 12.1 Å². The van der Waals surface area contributed by atoms with Crippen LogP contribution in [0.15, 0.2) is 18.2 Å². The second-order valence-corrected chi connectivity index (χ2v) is 6.23. The Morgan fingerprint density at radius 1 is 1.36 bits per heavy atom. The van der Waals surface area contributed by atoms with Crippen LogP contribution in [0.2, 0.25) is 10.0 Å². The topological polar surface area (TPSA) is 75.6 Å². The summed E-state index contributed by atoms with van der Waals surface area (Å²) in [7, 11) is 0. The lowest BCUT2D eigenvalue weighted by Gasteiger charge is -2.18. The lowest BCUT2D eigenvalue weighted by Crippen LogP contribution is -2.41. The number of carboxylic acid groups (broad SMARTS) is 1. The number of aliphatic carboxylic acids is 1. The molecule has 3 atom stereocenters. The summed E-state index contributed by atoms with van der Waals surface area (Å²) < 4.78 is 5.53. The minimum absolute atomic E-state index is 0.125. The number of halogens is 2. The minimum Gasteiger partial charge on any atom is -0.481 e. The van der Waals surface area contributed by atoms with Gasteiger partial charge in [0, 0.05) is 11.1 Å². The van der Waals surface area contributed by atoms with Crippen molar-refractivity contribution in [2.75, 3.05) is 0 Å². The normalized spacial score (nSPS) is 22.1. The van der Waals surface area contributed by atoms with E-state index in [1.165, 1.54) is 6.07 Å². The fraction of sp³-hybridized carbons (Fsp3) is 0.467. The van der Waals surface area contributed by atoms with Crippen LogP contribution in [0.3, 0.4) is 0 Å². The number of rotatable bonds is 5. The molecule has 1 unspecified atom stereocenters. The average molecular weight is 346 g/mol. The molecule has 0 saturated heterocycles. The van der Waals surface area contributed by atoms with Crippen LogP contribution < -0.4 is 10.1 Å². The Labute approximate surface area is 138 Å². The van der Waals surface area contributed by atoms with Crippen molar-refractivity contribution < 1.29 is 19.4 Å². The number of amides is 1. The number of benzene rings is 1. The summed E-state index contributed by atoms with van der Waals surface area (Å²) in [4.78, 5) is 23.0. The summed E-state index contributed by atoms with van der Waals surface area (Å²) in [5, 5.41) is 12.6. The molecule has 5 nitrogen and oxygen atoms in total. The largest absolute Gasteiger partial charge is 0.481 e. The van der Waals surface area contributed by atoms with Gasteiger partial charge in [-0.05, 0) is 44.4 Å². The second-order valence-electron chi connectivity index (χ2n) is 5.39. The highest BCUT2D eigenvalue weighted by Gasteiger charge is 2.31. The van der Waals surface area contributed by atoms with Crippen molar-refractivity contribution in [3.63, 3.8) is 0 Å². The maximum Gasteiger partial charge on any atom is 0.306 e. The first-order valence-electron chi connectivity index (χ1n) is 7.01. The van der Waals surface area contributed by atoms with Gasteiger partial charge < -0.3 is 15.2 Å². The molecule has 0 heterocycles. The zero-order chi connectivity index (χ0) is 16.3. The van der Waals surface area contributed by atoms with Gasteiger partial charge in [-0.25, -0.2) is 0 Å². The molecular weight excluding hydrogens is 329 g/mol. The molecule has 1 aliphatic rings. The van der Waals surface area contributed by atoms with Crippen LogP contribution in [-0.4, -0.2) is 29.1 Å². The molecule has 2 N–H and O–H groups in total. The van der Waals surface area contributed by atoms with Crippen molar-refractivity contribution in [1.29, 1.82) is 0 Å². The van der Waals surface area contributed by atoms with E-state index in [0.717, 1.165) is 0 Å². The smallest absolute Gasteiger partial charge is 0.306 e. The maximum atomic E-state index is 12.1. The molecule has 1 saturated carbocycles. The van der Waals surface area contributed by atoms with Crippen molar-refractivity contribution in [3.8, 4) is 5.75 Å². The Kier molecular flexibility index (Phi) is 5.53. The SMILES string of the molecule is CC(Oc1ccc(Cl)cc1Cl)C(=O)N[C@@H]1CC[C@H](C(=O)O)C1. The Bertz CT molecular complexity index is 579. The molecule has 7 heteroatoms. The lowest BCUT2D eigenvalue weighted by atomic mass is 10.1. The van der Waals surface area contributed by atoms with E-state index >= 15 is 0 Å². The fourth-order valence-electron chi connectivity index (χ4n) is 2.47. The van der Waals surface area contributed by atoms with Crippen molar-refractivity contribution in [3.05, 3.63) is 28.2 Å². The summed E-state index contributed by atoms with van der Waals surface area (Å²) in [6.45, 7) is 1.61. The van der Waals surface area contributed by atoms with E-state index in [0.29, 0.717) is 35.1 Å². The monoisotopic (exact) mass is 345 g/mol. The van der Waals surface area contributed by atoms with E-state index in [2.05, 4.69) is 5.32 Å². The van der Waals surface area contributed by atoms with Gasteiger partial charge in [0.25, 0.3) is 5.91 Å². The van der Waals surface area contributed by atoms with Crippen LogP contribution in [0.5, 0.6) is 5.75 Å². The van der Waals surface area contributed by atoms with Gasteiger partial charge in [-0.15, -0.1) is 0 Å². The highest BCUT2D eigenvalue weighted by Crippen LogP contribution is 2.29. The summed E-state index contributed by atoms with van der Waals surface area (Å²) in [6, 6.07) is 4.64. The molecule has 1 aliphatic carbocycles. The predicted octanol–water partition coefficient (Wildman–Crippen LogP) is 3.13. The van der Waals surface area contributed by atoms with Gasteiger partial charge in [0.1, 0.15) is 5.75 Å². The van der Waals surface area contributed by atoms with Gasteiger partial charge in [0.2, 0.25) is 0 Å². The third-order valence-electron chi connectivity index (χ3n) is 3.70. The van der Waals surface area contributed by atoms with Gasteiger partial charge in [-0.3, -0.25) is 9.59 Å². The van der Waals surface area contributed by atoms with Crippen molar-refractivity contribution in [1.82, 2.24) is 5.32 Å². The quantitative estimate of drug-likeness (QED) is 0.859. The minimum atomic E-state index is -0.811. The number of carbonyl (C=O) groups excluding carboxylic acids is 1. The standard InChI is InChI=1S/C15H17Cl2NO4/c1-8(22-13-5-3-10(16)7-12(13)17)14(19)18-11-4-2-9(6-11)15(20)21/h3,5,7-9,11H,2,4,6H2,1H3,(H,18,19)(H,20,21)/t8?,9-,11+/m0/s1. The molecule has 0 aliphatic heterocycles. The first kappa shape index (κ1) is 16.9. The summed E-state index contributed by atoms with van der Waals surface area (Å²) in [5.74, 6) is -1.10. The zero-order valence-electron chi connectivity index (χ0n) is 12.0. The molecule has 1 aromatic rings. The highest BCUT2D eigenvalue weighted by atomic mass is 35.5. The third-order valence-corrected chi connectivity index (χ3v) is 4.23. The predicted molar refractivity (Wildman–Crippen MR) is 83.5 cm³/mol. The van der Waals surface area contributed by atoms with Crippen LogP contribution >= 0.6 is 23.2 Å². The van der Waals surface area contributed by atoms with Crippen LogP contribution in [0.25, 0.3) is 0 Å². The van der Waals surface area contributed by atoms with Crippen LogP contribution in [0.1, 0.15) is 26.2 Å². The number of nitrogens with one attached hydrogen (secondary N) is 1. The number of carboxylic acids is 1. The van der Waals surface area contributed by atoms with Crippen LogP contribution in [0.4, 0.5) is 0 Å². The molecule has 1 fully saturated rings. The fourth-order valence-corrected chi connectivity index (χ4v) is 2.92. The summed E-state index contributed by atoms with van der Waals surface area (Å²) in [6.07, 6.45) is 0.966. The number of hydrogen-bond donors (Lipinski definition) is 2. The van der Waals surface area contributed by atoms with E-state index in [4.69, 9.17) is 33.0 Å². The average Bonchev–Trinajstić information content (AvgIpc) is 2.90. The number of hydrogen-bond acceptors (Lipinski definition) is 3. The number of ether oxygens (including phenoxy) is 1. The van der Waals surface area contributed by atoms with Crippen molar-refractivity contribution >= 4 is 35.1 Å². The summed E-state index contributed by atoms with van der Waals surface area (Å²) in [5.41, 5.74) is 0. The van der Waals surface area contributed by atoms with Gasteiger partial charge >= 0.3 is 5.97 Å². The molecule has 0 bridgehead atoms. The van der Waals surface area contributed by atoms with Gasteiger partial charge in [-0.1, -0.05) is 23.2 Å². The molecule has 120 valence electrons. The number of carbonyl (C=O) groups is 2. The van der Waals surface area contributed by atoms with Gasteiger partial charge in [-0.2, -0.15) is 0 Å². The second kappa shape index (κ2) is 7.20. The van der Waals surface area contributed by atoms with Crippen LogP contribution in [-0.2, 0) is 9.59 Å². The maximum absolute atomic E-state index is 12.1. The van der Waals surface area contributed by atoms with Crippen LogP contribution in [0, 0.1) is 5.92 Å². The first-order chi connectivity index (χ1) is 10.4. The molecule has 0 spiro atoms. The summed E-state index contributed by atoms with van der Waals surface area (Å²) >= 11 is 11.8. The Hall–Kier alpha value is -1.46. The molecule has 22 heavy (non-hydrogen) atoms. The van der Waals surface area contributed by atoms with E-state index in [1.807, 2.05) is 0 Å². The molecular formula is C15H17Cl2NO4. The Morgan fingerprint density at radius 3 is 2.68 bits per heavy atom. The molecule has 1 aromatic carbocycles. The van der Waals surface area contributed by atoms with Crippen molar-refractivity contribution in [2.24, 2.45) is 5.92 Å². The lowest BCUT2D eigenvalue weighted by molar-refractivity contribution is -0.141. The van der Waals surface area contributed by atoms with Crippen molar-refractivity contribution in [2.45, 2.75) is 38.3 Å². The zero-order valence-corrected chi connectivity index (χ0v) is 13.5. The van der Waals surface area contributed by atoms with Gasteiger partial charge in [0.05, 0.1) is 10.9 Å². The molecule has 0 aromatic heterocycles. The van der Waals surface area contributed by atoms with Gasteiger partial charge in [0.15, 0.2) is 6.10 Å². The Morgan fingerprint density at radius 2 is 2.09 bits per heavy atom.